The van der Waals surface area contributed by atoms with Crippen molar-refractivity contribution in [2.75, 3.05) is 6.61 Å². The summed E-state index contributed by atoms with van der Waals surface area (Å²) in [6.07, 6.45) is -12.4. The van der Waals surface area contributed by atoms with Gasteiger partial charge in [0.05, 0.1) is 25.2 Å². The highest BCUT2D eigenvalue weighted by Gasteiger charge is 2.49. The molecular weight excluding hydrogens is 532 g/mol. The molecule has 0 aromatic heterocycles. The molecule has 0 bridgehead atoms. The number of fused-ring (bicyclic) bond motifs is 1. The van der Waals surface area contributed by atoms with E-state index in [-0.39, 0.29) is 41.4 Å². The average Bonchev–Trinajstić information content (AvgIpc) is 2.91. The zero-order chi connectivity index (χ0) is 28.7. The summed E-state index contributed by atoms with van der Waals surface area (Å²) in [5.41, 5.74) is 0.587. The Kier molecular flexibility index (Phi) is 8.17. The fraction of sp³-hybridized carbons (Fsp3) is 0.519. The van der Waals surface area contributed by atoms with Gasteiger partial charge in [-0.15, -0.1) is 0 Å². The van der Waals surface area contributed by atoms with Gasteiger partial charge in [0.15, 0.2) is 18.2 Å². The first-order chi connectivity index (χ1) is 19.0. The number of carbonyl (C=O) groups is 1. The van der Waals surface area contributed by atoms with E-state index in [1.165, 1.54) is 25.1 Å². The molecule has 2 saturated heterocycles. The first-order valence-electron chi connectivity index (χ1n) is 12.9. The lowest BCUT2D eigenvalue weighted by atomic mass is 9.95. The van der Waals surface area contributed by atoms with Crippen molar-refractivity contribution in [1.82, 2.24) is 0 Å². The number of phenolic OH excluding ortho intramolecular Hbond substituents is 2. The van der Waals surface area contributed by atoms with Gasteiger partial charge in [0.25, 0.3) is 0 Å². The van der Waals surface area contributed by atoms with Crippen molar-refractivity contribution in [2.45, 2.75) is 81.2 Å². The Balaban J connectivity index is 1.40. The Hall–Kier alpha value is -3.01. The molecule has 218 valence electrons. The van der Waals surface area contributed by atoms with E-state index in [0.717, 1.165) is 6.07 Å². The smallest absolute Gasteiger partial charge is 0.229 e. The third-order valence-corrected chi connectivity index (χ3v) is 7.30. The summed E-state index contributed by atoms with van der Waals surface area (Å²) in [5, 5.41) is 71.2. The standard InChI is InChI=1S/C27H32O13/c1-11-23(33)17(32)9-21(36-11)40-26-25(35)24(34)20(10-28)39-27(26)37-14-6-15(30)22-16(31)8-18(38-19(22)7-14)12-2-4-13(29)5-3-12/h2-7,11,17-18,20-21,23-30,32-35H,8-10H2,1H3/t11-,17-,18?,20+,21-,23-,24+,25-,26+,27+/m0/s1. The molecule has 0 spiro atoms. The number of hydrogen-bond acceptors (Lipinski definition) is 13. The minimum Gasteiger partial charge on any atom is -0.508 e. The molecule has 13 nitrogen and oxygen atoms in total. The Bertz CT molecular complexity index is 1190. The zero-order valence-electron chi connectivity index (χ0n) is 21.4. The molecular formula is C27H32O13. The van der Waals surface area contributed by atoms with E-state index in [2.05, 4.69) is 0 Å². The summed E-state index contributed by atoms with van der Waals surface area (Å²) in [6, 6.07) is 8.66. The molecule has 0 amide bonds. The number of carbonyl (C=O) groups excluding carboxylic acids is 1. The maximum atomic E-state index is 12.9. The Morgan fingerprint density at radius 2 is 1.70 bits per heavy atom. The van der Waals surface area contributed by atoms with Gasteiger partial charge in [-0.25, -0.2) is 0 Å². The van der Waals surface area contributed by atoms with Gasteiger partial charge in [0.1, 0.15) is 59.1 Å². The van der Waals surface area contributed by atoms with Gasteiger partial charge in [-0.1, -0.05) is 12.1 Å². The summed E-state index contributed by atoms with van der Waals surface area (Å²) < 4.78 is 28.9. The summed E-state index contributed by atoms with van der Waals surface area (Å²) in [4.78, 5) is 12.9. The third kappa shape index (κ3) is 5.60. The molecule has 1 unspecified atom stereocenters. The lowest BCUT2D eigenvalue weighted by molar-refractivity contribution is -0.335. The molecule has 0 saturated carbocycles. The summed E-state index contributed by atoms with van der Waals surface area (Å²) in [6.45, 7) is 0.873. The van der Waals surface area contributed by atoms with Gasteiger partial charge >= 0.3 is 0 Å². The van der Waals surface area contributed by atoms with Crippen molar-refractivity contribution in [3.63, 3.8) is 0 Å². The highest BCUT2D eigenvalue weighted by molar-refractivity contribution is 6.02. The van der Waals surface area contributed by atoms with Crippen LogP contribution in [-0.2, 0) is 14.2 Å². The number of rotatable bonds is 6. The van der Waals surface area contributed by atoms with Crippen molar-refractivity contribution in [1.29, 1.82) is 0 Å². The highest BCUT2D eigenvalue weighted by Crippen LogP contribution is 2.43. The molecule has 5 rings (SSSR count). The predicted molar refractivity (Wildman–Crippen MR) is 133 cm³/mol. The van der Waals surface area contributed by atoms with E-state index in [4.69, 9.17) is 23.7 Å². The molecule has 3 heterocycles. The number of benzene rings is 2. The number of aliphatic hydroxyl groups excluding tert-OH is 5. The number of phenols is 2. The minimum atomic E-state index is -1.62. The van der Waals surface area contributed by atoms with Gasteiger partial charge in [-0.05, 0) is 24.6 Å². The van der Waals surface area contributed by atoms with E-state index in [0.29, 0.717) is 5.56 Å². The van der Waals surface area contributed by atoms with Crippen LogP contribution in [0.3, 0.4) is 0 Å². The van der Waals surface area contributed by atoms with Crippen molar-refractivity contribution < 1.29 is 64.2 Å². The molecule has 3 aliphatic heterocycles. The molecule has 10 atom stereocenters. The second kappa shape index (κ2) is 11.5. The first-order valence-corrected chi connectivity index (χ1v) is 12.9. The van der Waals surface area contributed by atoms with Gasteiger partial charge in [0.2, 0.25) is 6.29 Å². The first kappa shape index (κ1) is 28.5. The monoisotopic (exact) mass is 564 g/mol. The normalized spacial score (nSPS) is 36.0. The fourth-order valence-corrected chi connectivity index (χ4v) is 5.08. The summed E-state index contributed by atoms with van der Waals surface area (Å²) in [5.74, 6) is -0.755. The minimum absolute atomic E-state index is 0.0263. The molecule has 13 heteroatoms. The Labute approximate surface area is 228 Å². The van der Waals surface area contributed by atoms with Crippen LogP contribution in [0, 0.1) is 0 Å². The van der Waals surface area contributed by atoms with Crippen LogP contribution in [0.25, 0.3) is 0 Å². The van der Waals surface area contributed by atoms with Gasteiger partial charge < -0.3 is 59.4 Å². The fourth-order valence-electron chi connectivity index (χ4n) is 5.08. The Morgan fingerprint density at radius 1 is 0.975 bits per heavy atom. The van der Waals surface area contributed by atoms with E-state index in [1.807, 2.05) is 0 Å². The van der Waals surface area contributed by atoms with Crippen LogP contribution in [0.15, 0.2) is 36.4 Å². The van der Waals surface area contributed by atoms with Crippen LogP contribution in [0.5, 0.6) is 23.0 Å². The topological polar surface area (TPSA) is 205 Å². The van der Waals surface area contributed by atoms with Gasteiger partial charge in [-0.2, -0.15) is 0 Å². The Morgan fingerprint density at radius 3 is 2.38 bits per heavy atom. The molecule has 7 N–H and O–H groups in total. The molecule has 3 aliphatic rings. The average molecular weight is 565 g/mol. The quantitative estimate of drug-likeness (QED) is 0.244. The molecule has 2 fully saturated rings. The molecule has 0 aliphatic carbocycles. The van der Waals surface area contributed by atoms with E-state index in [9.17, 15) is 40.5 Å². The number of hydrogen-bond donors (Lipinski definition) is 7. The lowest BCUT2D eigenvalue weighted by Gasteiger charge is -2.44. The second-order valence-corrected chi connectivity index (χ2v) is 10.1. The number of Topliss-reactive ketones (excluding diaryl/α,β-unsaturated/α-hetero) is 1. The van der Waals surface area contributed by atoms with Gasteiger partial charge in [0, 0.05) is 18.6 Å². The summed E-state index contributed by atoms with van der Waals surface area (Å²) >= 11 is 0. The maximum absolute atomic E-state index is 12.9. The van der Waals surface area contributed by atoms with Crippen LogP contribution in [0.1, 0.15) is 41.8 Å². The van der Waals surface area contributed by atoms with Crippen LogP contribution >= 0.6 is 0 Å². The van der Waals surface area contributed by atoms with Gasteiger partial charge in [-0.3, -0.25) is 4.79 Å². The van der Waals surface area contributed by atoms with Crippen molar-refractivity contribution in [3.05, 3.63) is 47.5 Å². The number of ketones is 1. The molecule has 2 aromatic rings. The van der Waals surface area contributed by atoms with E-state index in [1.54, 1.807) is 12.1 Å². The number of aromatic hydroxyl groups is 2. The zero-order valence-corrected chi connectivity index (χ0v) is 21.4. The predicted octanol–water partition coefficient (Wildman–Crippen LogP) is -0.136. The van der Waals surface area contributed by atoms with Crippen molar-refractivity contribution in [3.8, 4) is 23.0 Å². The van der Waals surface area contributed by atoms with Crippen LogP contribution in [0.2, 0.25) is 0 Å². The molecule has 2 aromatic carbocycles. The second-order valence-electron chi connectivity index (χ2n) is 10.1. The lowest BCUT2D eigenvalue weighted by Crippen LogP contribution is -2.62. The third-order valence-electron chi connectivity index (χ3n) is 7.30. The highest BCUT2D eigenvalue weighted by atomic mass is 16.7. The largest absolute Gasteiger partial charge is 0.508 e. The maximum Gasteiger partial charge on any atom is 0.229 e. The summed E-state index contributed by atoms with van der Waals surface area (Å²) in [7, 11) is 0. The SMILES string of the molecule is C[C@@H]1O[C@@H](O[C@H]2[C@H](Oc3cc(O)c4c(c3)OC(c3ccc(O)cc3)CC4=O)O[C@H](CO)[C@@H](O)[C@@H]2O)C[C@H](O)[C@H]1O. The van der Waals surface area contributed by atoms with E-state index < -0.39 is 73.8 Å². The van der Waals surface area contributed by atoms with Crippen molar-refractivity contribution >= 4 is 5.78 Å². The van der Waals surface area contributed by atoms with Crippen molar-refractivity contribution in [2.24, 2.45) is 0 Å². The van der Waals surface area contributed by atoms with Crippen LogP contribution < -0.4 is 9.47 Å². The van der Waals surface area contributed by atoms with Crippen LogP contribution in [-0.4, -0.2) is 103 Å². The van der Waals surface area contributed by atoms with Crippen LogP contribution in [0.4, 0.5) is 0 Å². The number of aliphatic hydroxyl groups is 5. The number of ether oxygens (including phenoxy) is 5. The molecule has 0 radical (unpaired) electrons. The van der Waals surface area contributed by atoms with E-state index >= 15 is 0 Å². The molecule has 40 heavy (non-hydrogen) atoms.